The smallest absolute Gasteiger partial charge is 0.323 e. The van der Waals surface area contributed by atoms with Crippen molar-refractivity contribution < 1.29 is 18.7 Å². The lowest BCUT2D eigenvalue weighted by atomic mass is 10.0. The predicted octanol–water partition coefficient (Wildman–Crippen LogP) is 4.18. The molecule has 0 aliphatic carbocycles. The number of aryl methyl sites for hydroxylation is 1. The number of carbonyl (C=O) groups is 2. The van der Waals surface area contributed by atoms with E-state index in [4.69, 9.17) is 9.15 Å². The number of ether oxygens (including phenoxy) is 1. The molecule has 1 N–H and O–H groups in total. The van der Waals surface area contributed by atoms with Gasteiger partial charge in [0.25, 0.3) is 0 Å². The van der Waals surface area contributed by atoms with Gasteiger partial charge >= 0.3 is 5.97 Å². The fourth-order valence-corrected chi connectivity index (χ4v) is 2.65. The molecular weight excluding hydrogens is 354 g/mol. The summed E-state index contributed by atoms with van der Waals surface area (Å²) in [4.78, 5) is 24.6. The van der Waals surface area contributed by atoms with E-state index in [0.29, 0.717) is 25.1 Å². The largest absolute Gasteiger partial charge is 0.465 e. The van der Waals surface area contributed by atoms with Crippen molar-refractivity contribution in [2.75, 3.05) is 6.54 Å². The first-order valence-electron chi connectivity index (χ1n) is 9.58. The molecule has 150 valence electrons. The molecule has 1 heterocycles. The van der Waals surface area contributed by atoms with Crippen LogP contribution in [0.25, 0.3) is 6.08 Å². The van der Waals surface area contributed by atoms with Crippen LogP contribution >= 0.6 is 0 Å². The third kappa shape index (κ3) is 8.35. The molecule has 2 aromatic rings. The summed E-state index contributed by atoms with van der Waals surface area (Å²) in [6.07, 6.45) is 6.35. The predicted molar refractivity (Wildman–Crippen MR) is 110 cm³/mol. The van der Waals surface area contributed by atoms with Gasteiger partial charge in [-0.3, -0.25) is 9.59 Å². The van der Waals surface area contributed by atoms with E-state index in [9.17, 15) is 9.59 Å². The van der Waals surface area contributed by atoms with E-state index >= 15 is 0 Å². The Kier molecular flexibility index (Phi) is 8.20. The number of allylic oxidation sites excluding steroid dienone is 1. The van der Waals surface area contributed by atoms with E-state index in [1.54, 1.807) is 24.5 Å². The molecule has 1 unspecified atom stereocenters. The molecule has 5 heteroatoms. The molecule has 0 spiro atoms. The third-order valence-corrected chi connectivity index (χ3v) is 3.99. The van der Waals surface area contributed by atoms with Gasteiger partial charge < -0.3 is 14.5 Å². The molecule has 2 rings (SSSR count). The summed E-state index contributed by atoms with van der Waals surface area (Å²) >= 11 is 0. The molecule has 1 aromatic carbocycles. The van der Waals surface area contributed by atoms with Crippen LogP contribution in [0.5, 0.6) is 0 Å². The lowest BCUT2D eigenvalue weighted by Gasteiger charge is -2.24. The zero-order chi connectivity index (χ0) is 20.4. The van der Waals surface area contributed by atoms with E-state index in [-0.39, 0.29) is 11.8 Å². The number of rotatable bonds is 10. The fourth-order valence-electron chi connectivity index (χ4n) is 2.65. The molecule has 0 saturated carbocycles. The van der Waals surface area contributed by atoms with Crippen LogP contribution in [-0.2, 0) is 20.7 Å². The van der Waals surface area contributed by atoms with Crippen molar-refractivity contribution in [3.05, 3.63) is 66.1 Å². The number of ketones is 1. The van der Waals surface area contributed by atoms with Crippen LogP contribution in [0.4, 0.5) is 0 Å². The van der Waals surface area contributed by atoms with Crippen molar-refractivity contribution >= 4 is 17.8 Å². The maximum absolute atomic E-state index is 12.5. The van der Waals surface area contributed by atoms with Crippen LogP contribution in [0.15, 0.2) is 59.2 Å². The fraction of sp³-hybridized carbons (Fsp3) is 0.391. The zero-order valence-electron chi connectivity index (χ0n) is 16.8. The van der Waals surface area contributed by atoms with Crippen molar-refractivity contribution in [1.29, 1.82) is 0 Å². The second kappa shape index (κ2) is 10.6. The maximum Gasteiger partial charge on any atom is 0.323 e. The highest BCUT2D eigenvalue weighted by molar-refractivity contribution is 5.93. The maximum atomic E-state index is 12.5. The van der Waals surface area contributed by atoms with Crippen molar-refractivity contribution in [3.63, 3.8) is 0 Å². The number of furan rings is 1. The van der Waals surface area contributed by atoms with Gasteiger partial charge in [-0.2, -0.15) is 0 Å². The minimum absolute atomic E-state index is 0.0325. The monoisotopic (exact) mass is 383 g/mol. The summed E-state index contributed by atoms with van der Waals surface area (Å²) in [5, 5.41) is 3.18. The first-order chi connectivity index (χ1) is 13.3. The lowest BCUT2D eigenvalue weighted by Crippen LogP contribution is -2.42. The molecule has 0 bridgehead atoms. The van der Waals surface area contributed by atoms with Gasteiger partial charge in [-0.05, 0) is 63.5 Å². The minimum Gasteiger partial charge on any atom is -0.465 e. The summed E-state index contributed by atoms with van der Waals surface area (Å²) in [5.74, 6) is 0.313. The van der Waals surface area contributed by atoms with Gasteiger partial charge in [0, 0.05) is 13.0 Å². The van der Waals surface area contributed by atoms with Crippen LogP contribution in [0.1, 0.15) is 44.9 Å². The Bertz CT molecular complexity index is 758. The van der Waals surface area contributed by atoms with E-state index < -0.39 is 11.6 Å². The lowest BCUT2D eigenvalue weighted by molar-refractivity contribution is -0.157. The average molecular weight is 383 g/mol. The van der Waals surface area contributed by atoms with Gasteiger partial charge in [-0.25, -0.2) is 0 Å². The van der Waals surface area contributed by atoms with Crippen LogP contribution in [0.3, 0.4) is 0 Å². The zero-order valence-corrected chi connectivity index (χ0v) is 16.8. The molecule has 5 nitrogen and oxygen atoms in total. The molecule has 1 atom stereocenters. The van der Waals surface area contributed by atoms with Gasteiger partial charge in [-0.15, -0.1) is 0 Å². The van der Waals surface area contributed by atoms with Gasteiger partial charge in [-0.1, -0.05) is 30.3 Å². The van der Waals surface area contributed by atoms with E-state index in [0.717, 1.165) is 12.0 Å². The summed E-state index contributed by atoms with van der Waals surface area (Å²) in [7, 11) is 0. The molecule has 0 amide bonds. The molecule has 0 aliphatic heterocycles. The molecule has 28 heavy (non-hydrogen) atoms. The first-order valence-corrected chi connectivity index (χ1v) is 9.58. The highest BCUT2D eigenvalue weighted by Gasteiger charge is 2.24. The SMILES string of the molecule is CC(C)(C)OC(=O)C(CCc1ccccc1)NCCC(=O)/C=C/c1ccco1. The molecule has 0 radical (unpaired) electrons. The molecule has 0 aliphatic rings. The second-order valence-corrected chi connectivity index (χ2v) is 7.63. The normalized spacial score (nSPS) is 12.8. The van der Waals surface area contributed by atoms with E-state index in [2.05, 4.69) is 5.32 Å². The van der Waals surface area contributed by atoms with Crippen LogP contribution in [0.2, 0.25) is 0 Å². The van der Waals surface area contributed by atoms with Gasteiger partial charge in [0.05, 0.1) is 6.26 Å². The Morgan fingerprint density at radius 1 is 1.14 bits per heavy atom. The highest BCUT2D eigenvalue weighted by Crippen LogP contribution is 2.12. The topological polar surface area (TPSA) is 68.5 Å². The van der Waals surface area contributed by atoms with Crippen molar-refractivity contribution in [2.24, 2.45) is 0 Å². The standard InChI is InChI=1S/C23H29NO4/c1-23(2,3)28-22(26)21(14-11-18-8-5-4-6-9-18)24-16-15-19(25)12-13-20-10-7-17-27-20/h4-10,12-13,17,21,24H,11,14-16H2,1-3H3/b13-12+. The number of esters is 1. The Morgan fingerprint density at radius 3 is 2.54 bits per heavy atom. The summed E-state index contributed by atoms with van der Waals surface area (Å²) in [6, 6.07) is 13.1. The number of hydrogen-bond acceptors (Lipinski definition) is 5. The summed E-state index contributed by atoms with van der Waals surface area (Å²) in [5.41, 5.74) is 0.612. The quantitative estimate of drug-likeness (QED) is 0.492. The Morgan fingerprint density at radius 2 is 1.89 bits per heavy atom. The third-order valence-electron chi connectivity index (χ3n) is 3.99. The number of benzene rings is 1. The average Bonchev–Trinajstić information content (AvgIpc) is 3.15. The number of hydrogen-bond donors (Lipinski definition) is 1. The van der Waals surface area contributed by atoms with Crippen molar-refractivity contribution in [1.82, 2.24) is 5.32 Å². The van der Waals surface area contributed by atoms with Crippen molar-refractivity contribution in [2.45, 2.75) is 51.7 Å². The second-order valence-electron chi connectivity index (χ2n) is 7.63. The van der Waals surface area contributed by atoms with Gasteiger partial charge in [0.15, 0.2) is 5.78 Å². The van der Waals surface area contributed by atoms with Crippen LogP contribution in [-0.4, -0.2) is 29.9 Å². The molecular formula is C23H29NO4. The van der Waals surface area contributed by atoms with E-state index in [1.165, 1.54) is 6.08 Å². The molecule has 0 fully saturated rings. The molecule has 1 aromatic heterocycles. The minimum atomic E-state index is -0.550. The van der Waals surface area contributed by atoms with E-state index in [1.807, 2.05) is 51.1 Å². The van der Waals surface area contributed by atoms with Gasteiger partial charge in [0.2, 0.25) is 0 Å². The van der Waals surface area contributed by atoms with Gasteiger partial charge in [0.1, 0.15) is 17.4 Å². The molecule has 0 saturated heterocycles. The number of nitrogens with one attached hydrogen (secondary N) is 1. The first kappa shape index (κ1) is 21.6. The Labute approximate surface area is 166 Å². The Balaban J connectivity index is 1.87. The van der Waals surface area contributed by atoms with Crippen LogP contribution < -0.4 is 5.32 Å². The Hall–Kier alpha value is -2.66. The summed E-state index contributed by atoms with van der Waals surface area (Å²) < 4.78 is 10.7. The summed E-state index contributed by atoms with van der Waals surface area (Å²) in [6.45, 7) is 5.95. The van der Waals surface area contributed by atoms with Crippen molar-refractivity contribution in [3.8, 4) is 0 Å². The van der Waals surface area contributed by atoms with Crippen LogP contribution in [0, 0.1) is 0 Å². The number of carbonyl (C=O) groups excluding carboxylic acids is 2. The highest BCUT2D eigenvalue weighted by atomic mass is 16.6.